The summed E-state index contributed by atoms with van der Waals surface area (Å²) in [6.07, 6.45) is 0.245. The summed E-state index contributed by atoms with van der Waals surface area (Å²) in [5, 5.41) is 2.77. The minimum absolute atomic E-state index is 0.243. The van der Waals surface area contributed by atoms with Crippen molar-refractivity contribution in [1.82, 2.24) is 0 Å². The third-order valence-corrected chi connectivity index (χ3v) is 4.47. The van der Waals surface area contributed by atoms with E-state index in [1.165, 1.54) is 0 Å². The third-order valence-electron chi connectivity index (χ3n) is 4.16. The largest absolute Gasteiger partial charge is 0.372 e. The van der Waals surface area contributed by atoms with Gasteiger partial charge in [-0.3, -0.25) is 4.79 Å². The Hall–Kier alpha value is -1.38. The SMILES string of the molecule is CC1(C)C(=O)CCOC1c1cccc2cccc(Cl)c12. The number of carbonyl (C=O) groups is 1. The fourth-order valence-electron chi connectivity index (χ4n) is 2.97. The molecule has 3 heteroatoms. The maximum atomic E-state index is 12.2. The standard InChI is InChI=1S/C17H17ClO2/c1-17(2)14(19)9-10-20-16(17)12-7-3-5-11-6-4-8-13(18)15(11)12/h3-8,16H,9-10H2,1-2H3. The van der Waals surface area contributed by atoms with Crippen molar-refractivity contribution in [3.05, 3.63) is 47.0 Å². The van der Waals surface area contributed by atoms with Crippen molar-refractivity contribution >= 4 is 28.2 Å². The number of fused-ring (bicyclic) bond motifs is 1. The molecule has 3 rings (SSSR count). The van der Waals surface area contributed by atoms with E-state index < -0.39 is 5.41 Å². The highest BCUT2D eigenvalue weighted by Crippen LogP contribution is 2.44. The zero-order chi connectivity index (χ0) is 14.3. The van der Waals surface area contributed by atoms with Crippen LogP contribution in [0.2, 0.25) is 5.02 Å². The van der Waals surface area contributed by atoms with Crippen molar-refractivity contribution in [2.75, 3.05) is 6.61 Å². The molecule has 20 heavy (non-hydrogen) atoms. The second-order valence-electron chi connectivity index (χ2n) is 5.83. The Bertz CT molecular complexity index is 670. The van der Waals surface area contributed by atoms with Crippen LogP contribution in [0.15, 0.2) is 36.4 Å². The first-order valence-electron chi connectivity index (χ1n) is 6.84. The molecule has 0 radical (unpaired) electrons. The maximum Gasteiger partial charge on any atom is 0.143 e. The van der Waals surface area contributed by atoms with E-state index in [1.807, 2.05) is 50.2 Å². The number of rotatable bonds is 1. The Morgan fingerprint density at radius 2 is 1.90 bits per heavy atom. The average molecular weight is 289 g/mol. The summed E-state index contributed by atoms with van der Waals surface area (Å²) < 4.78 is 5.93. The van der Waals surface area contributed by atoms with E-state index in [9.17, 15) is 4.79 Å². The number of hydrogen-bond donors (Lipinski definition) is 0. The first-order valence-corrected chi connectivity index (χ1v) is 7.21. The summed E-state index contributed by atoms with van der Waals surface area (Å²) in [7, 11) is 0. The van der Waals surface area contributed by atoms with Gasteiger partial charge in [0.15, 0.2) is 0 Å². The molecule has 1 unspecified atom stereocenters. The smallest absolute Gasteiger partial charge is 0.143 e. The summed E-state index contributed by atoms with van der Waals surface area (Å²) >= 11 is 6.37. The molecule has 0 N–H and O–H groups in total. The van der Waals surface area contributed by atoms with Crippen LogP contribution in [0.3, 0.4) is 0 Å². The van der Waals surface area contributed by atoms with E-state index in [1.54, 1.807) is 0 Å². The maximum absolute atomic E-state index is 12.2. The van der Waals surface area contributed by atoms with Crippen molar-refractivity contribution in [1.29, 1.82) is 0 Å². The molecular weight excluding hydrogens is 272 g/mol. The fourth-order valence-corrected chi connectivity index (χ4v) is 3.26. The van der Waals surface area contributed by atoms with Gasteiger partial charge in [0.25, 0.3) is 0 Å². The summed E-state index contributed by atoms with van der Waals surface area (Å²) in [6.45, 7) is 4.39. The van der Waals surface area contributed by atoms with Gasteiger partial charge in [0.2, 0.25) is 0 Å². The molecule has 0 aliphatic carbocycles. The van der Waals surface area contributed by atoms with Crippen molar-refractivity contribution in [3.63, 3.8) is 0 Å². The van der Waals surface area contributed by atoms with Crippen molar-refractivity contribution in [2.45, 2.75) is 26.4 Å². The van der Waals surface area contributed by atoms with Gasteiger partial charge in [-0.25, -0.2) is 0 Å². The summed E-state index contributed by atoms with van der Waals surface area (Å²) in [6, 6.07) is 11.9. The molecule has 0 bridgehead atoms. The molecule has 1 atom stereocenters. The molecule has 1 saturated heterocycles. The van der Waals surface area contributed by atoms with Crippen molar-refractivity contribution in [3.8, 4) is 0 Å². The van der Waals surface area contributed by atoms with Crippen LogP contribution in [0.25, 0.3) is 10.8 Å². The number of halogens is 1. The summed E-state index contributed by atoms with van der Waals surface area (Å²) in [5.74, 6) is 0.248. The van der Waals surface area contributed by atoms with Crippen LogP contribution in [-0.4, -0.2) is 12.4 Å². The van der Waals surface area contributed by atoms with Gasteiger partial charge in [-0.1, -0.05) is 55.8 Å². The minimum Gasteiger partial charge on any atom is -0.372 e. The molecular formula is C17H17ClO2. The Morgan fingerprint density at radius 3 is 2.65 bits per heavy atom. The van der Waals surface area contributed by atoms with Crippen LogP contribution in [-0.2, 0) is 9.53 Å². The van der Waals surface area contributed by atoms with Gasteiger partial charge in [-0.15, -0.1) is 0 Å². The van der Waals surface area contributed by atoms with E-state index in [2.05, 4.69) is 0 Å². The molecule has 104 valence electrons. The molecule has 0 spiro atoms. The van der Waals surface area contributed by atoms with Gasteiger partial charge in [0.05, 0.1) is 18.1 Å². The number of benzene rings is 2. The highest BCUT2D eigenvalue weighted by atomic mass is 35.5. The van der Waals surface area contributed by atoms with E-state index >= 15 is 0 Å². The van der Waals surface area contributed by atoms with E-state index in [4.69, 9.17) is 16.3 Å². The van der Waals surface area contributed by atoms with Crippen LogP contribution in [0.4, 0.5) is 0 Å². The predicted molar refractivity (Wildman–Crippen MR) is 81.1 cm³/mol. The average Bonchev–Trinajstić information content (AvgIpc) is 2.42. The molecule has 0 amide bonds. The zero-order valence-electron chi connectivity index (χ0n) is 11.7. The highest BCUT2D eigenvalue weighted by Gasteiger charge is 2.42. The van der Waals surface area contributed by atoms with Crippen molar-refractivity contribution in [2.24, 2.45) is 5.41 Å². The number of ketones is 1. The van der Waals surface area contributed by atoms with Crippen molar-refractivity contribution < 1.29 is 9.53 Å². The lowest BCUT2D eigenvalue weighted by atomic mass is 9.75. The quantitative estimate of drug-likeness (QED) is 0.769. The molecule has 1 aliphatic rings. The lowest BCUT2D eigenvalue weighted by Gasteiger charge is -2.37. The molecule has 2 aromatic rings. The van der Waals surface area contributed by atoms with Crippen LogP contribution in [0, 0.1) is 5.41 Å². The van der Waals surface area contributed by atoms with E-state index in [0.717, 1.165) is 16.3 Å². The number of ether oxygens (including phenoxy) is 1. The van der Waals surface area contributed by atoms with E-state index in [-0.39, 0.29) is 11.9 Å². The lowest BCUT2D eigenvalue weighted by Crippen LogP contribution is -2.38. The summed E-state index contributed by atoms with van der Waals surface area (Å²) in [5.41, 5.74) is 0.484. The Morgan fingerprint density at radius 1 is 1.20 bits per heavy atom. The van der Waals surface area contributed by atoms with Gasteiger partial charge in [0.1, 0.15) is 5.78 Å². The topological polar surface area (TPSA) is 26.3 Å². The Labute approximate surface area is 123 Å². The molecule has 2 aromatic carbocycles. The van der Waals surface area contributed by atoms with Crippen LogP contribution < -0.4 is 0 Å². The monoisotopic (exact) mass is 288 g/mol. The predicted octanol–water partition coefficient (Wildman–Crippen LogP) is 4.55. The number of hydrogen-bond acceptors (Lipinski definition) is 2. The zero-order valence-corrected chi connectivity index (χ0v) is 12.4. The Balaban J connectivity index is 2.22. The van der Waals surface area contributed by atoms with Crippen LogP contribution in [0.5, 0.6) is 0 Å². The third kappa shape index (κ3) is 2.04. The van der Waals surface area contributed by atoms with Crippen LogP contribution in [0.1, 0.15) is 31.9 Å². The second-order valence-corrected chi connectivity index (χ2v) is 6.24. The molecule has 2 nitrogen and oxygen atoms in total. The van der Waals surface area contributed by atoms with Gasteiger partial charge in [0, 0.05) is 16.8 Å². The number of carbonyl (C=O) groups excluding carboxylic acids is 1. The first kappa shape index (κ1) is 13.6. The fraction of sp³-hybridized carbons (Fsp3) is 0.353. The molecule has 0 aromatic heterocycles. The van der Waals surface area contributed by atoms with Gasteiger partial charge in [-0.05, 0) is 17.0 Å². The summed E-state index contributed by atoms with van der Waals surface area (Å²) in [4.78, 5) is 12.2. The second kappa shape index (κ2) is 4.87. The molecule has 0 saturated carbocycles. The highest BCUT2D eigenvalue weighted by molar-refractivity contribution is 6.35. The molecule has 1 fully saturated rings. The normalized spacial score (nSPS) is 22.1. The lowest BCUT2D eigenvalue weighted by molar-refractivity contribution is -0.148. The van der Waals surface area contributed by atoms with Gasteiger partial charge in [-0.2, -0.15) is 0 Å². The minimum atomic E-state index is -0.522. The number of Topliss-reactive ketones (excluding diaryl/α,β-unsaturated/α-hetero) is 1. The molecule has 1 aliphatic heterocycles. The van der Waals surface area contributed by atoms with E-state index in [0.29, 0.717) is 18.1 Å². The van der Waals surface area contributed by atoms with Crippen LogP contribution >= 0.6 is 11.6 Å². The van der Waals surface area contributed by atoms with Gasteiger partial charge >= 0.3 is 0 Å². The molecule has 1 heterocycles. The van der Waals surface area contributed by atoms with Gasteiger partial charge < -0.3 is 4.74 Å². The first-order chi connectivity index (χ1) is 9.51. The Kier molecular flexibility index (Phi) is 3.31.